The van der Waals surface area contributed by atoms with Gasteiger partial charge in [-0.25, -0.2) is 8.42 Å². The Labute approximate surface area is 189 Å². The van der Waals surface area contributed by atoms with Crippen LogP contribution in [-0.2, 0) is 16.4 Å². The van der Waals surface area contributed by atoms with Gasteiger partial charge in [-0.3, -0.25) is 9.59 Å². The van der Waals surface area contributed by atoms with Crippen molar-refractivity contribution in [3.63, 3.8) is 0 Å². The fraction of sp³-hybridized carbons (Fsp3) is 0.0833. The summed E-state index contributed by atoms with van der Waals surface area (Å²) in [5.41, 5.74) is 0.276. The lowest BCUT2D eigenvalue weighted by molar-refractivity contribution is 0.0951. The molecule has 0 unspecified atom stereocenters. The molecule has 0 atom stereocenters. The Kier molecular flexibility index (Phi) is 5.89. The molecule has 1 heterocycles. The molecule has 168 valence electrons. The number of fused-ring (bicyclic) bond motifs is 1. The number of hydrogen-bond donors (Lipinski definition) is 3. The molecular formula is C24H20N2O6S. The second-order valence-electron chi connectivity index (χ2n) is 7.24. The summed E-state index contributed by atoms with van der Waals surface area (Å²) >= 11 is 0. The fourth-order valence-electron chi connectivity index (χ4n) is 3.40. The van der Waals surface area contributed by atoms with Gasteiger partial charge in [-0.1, -0.05) is 30.3 Å². The third-order valence-corrected chi connectivity index (χ3v) is 6.95. The number of aromatic hydroxyl groups is 1. The van der Waals surface area contributed by atoms with Crippen LogP contribution < -0.4 is 15.6 Å². The van der Waals surface area contributed by atoms with E-state index in [4.69, 9.17) is 4.74 Å². The van der Waals surface area contributed by atoms with Gasteiger partial charge in [-0.05, 0) is 48.0 Å². The largest absolute Gasteiger partial charge is 0.506 e. The molecule has 4 aromatic rings. The summed E-state index contributed by atoms with van der Waals surface area (Å²) in [6, 6.07) is 18.8. The first-order valence-electron chi connectivity index (χ1n) is 9.91. The molecule has 0 saturated carbocycles. The van der Waals surface area contributed by atoms with Gasteiger partial charge in [0.25, 0.3) is 11.5 Å². The maximum atomic E-state index is 12.9. The summed E-state index contributed by atoms with van der Waals surface area (Å²) in [7, 11) is -2.68. The highest BCUT2D eigenvalue weighted by atomic mass is 32.2. The monoisotopic (exact) mass is 464 g/mol. The smallest absolute Gasteiger partial charge is 0.271 e. The van der Waals surface area contributed by atoms with E-state index in [1.165, 1.54) is 42.5 Å². The van der Waals surface area contributed by atoms with E-state index in [2.05, 4.69) is 10.3 Å². The van der Waals surface area contributed by atoms with E-state index in [0.29, 0.717) is 5.75 Å². The predicted molar refractivity (Wildman–Crippen MR) is 122 cm³/mol. The lowest BCUT2D eigenvalue weighted by atomic mass is 10.1. The highest BCUT2D eigenvalue weighted by Gasteiger charge is 2.27. The highest BCUT2D eigenvalue weighted by Crippen LogP contribution is 2.31. The van der Waals surface area contributed by atoms with E-state index in [0.717, 1.165) is 5.56 Å². The number of hydrogen-bond acceptors (Lipinski definition) is 6. The van der Waals surface area contributed by atoms with Gasteiger partial charge in [-0.15, -0.1) is 0 Å². The van der Waals surface area contributed by atoms with Gasteiger partial charge in [0, 0.05) is 17.5 Å². The highest BCUT2D eigenvalue weighted by molar-refractivity contribution is 7.91. The van der Waals surface area contributed by atoms with Gasteiger partial charge >= 0.3 is 0 Å². The lowest BCUT2D eigenvalue weighted by Crippen LogP contribution is -2.23. The summed E-state index contributed by atoms with van der Waals surface area (Å²) in [4.78, 5) is 26.8. The summed E-state index contributed by atoms with van der Waals surface area (Å²) in [6.07, 6.45) is 0. The van der Waals surface area contributed by atoms with Crippen LogP contribution >= 0.6 is 0 Å². The SMILES string of the molecule is COc1ccc(CNC(=O)c2ccc3c(O)c(S(=O)(=O)c4ccccc4)c(=O)[nH]c3c2)cc1. The zero-order valence-electron chi connectivity index (χ0n) is 17.5. The number of ether oxygens (including phenoxy) is 1. The fourth-order valence-corrected chi connectivity index (χ4v) is 4.81. The molecule has 0 bridgehead atoms. The average molecular weight is 464 g/mol. The first kappa shape index (κ1) is 22.1. The van der Waals surface area contributed by atoms with Gasteiger partial charge in [0.2, 0.25) is 9.84 Å². The molecule has 33 heavy (non-hydrogen) atoms. The molecule has 3 aromatic carbocycles. The maximum Gasteiger partial charge on any atom is 0.271 e. The van der Waals surface area contributed by atoms with Crippen molar-refractivity contribution in [3.8, 4) is 11.5 Å². The van der Waals surface area contributed by atoms with Crippen molar-refractivity contribution >= 4 is 26.6 Å². The number of carbonyl (C=O) groups is 1. The van der Waals surface area contributed by atoms with Gasteiger partial charge in [0.05, 0.1) is 17.5 Å². The van der Waals surface area contributed by atoms with Crippen molar-refractivity contribution in [2.24, 2.45) is 0 Å². The lowest BCUT2D eigenvalue weighted by Gasteiger charge is -2.10. The van der Waals surface area contributed by atoms with Crippen LogP contribution in [0, 0.1) is 0 Å². The minimum atomic E-state index is -4.24. The van der Waals surface area contributed by atoms with Crippen molar-refractivity contribution in [2.75, 3.05) is 7.11 Å². The van der Waals surface area contributed by atoms with Crippen LogP contribution in [0.5, 0.6) is 11.5 Å². The number of nitrogens with one attached hydrogen (secondary N) is 2. The molecule has 1 amide bonds. The minimum absolute atomic E-state index is 0.107. The van der Waals surface area contributed by atoms with E-state index >= 15 is 0 Å². The third kappa shape index (κ3) is 4.31. The van der Waals surface area contributed by atoms with Crippen LogP contribution in [0.4, 0.5) is 0 Å². The number of carbonyl (C=O) groups excluding carboxylic acids is 1. The third-order valence-electron chi connectivity index (χ3n) is 5.14. The number of methoxy groups -OCH3 is 1. The summed E-state index contributed by atoms with van der Waals surface area (Å²) in [5.74, 6) is -0.353. The number of H-pyrrole nitrogens is 1. The van der Waals surface area contributed by atoms with Crippen molar-refractivity contribution in [2.45, 2.75) is 16.3 Å². The number of aromatic amines is 1. The number of pyridine rings is 1. The summed E-state index contributed by atoms with van der Waals surface area (Å²) in [5, 5.41) is 13.5. The molecule has 0 aliphatic carbocycles. The van der Waals surface area contributed by atoms with Gasteiger partial charge < -0.3 is 20.1 Å². The van der Waals surface area contributed by atoms with E-state index in [9.17, 15) is 23.1 Å². The van der Waals surface area contributed by atoms with Crippen LogP contribution in [0.1, 0.15) is 15.9 Å². The number of benzene rings is 3. The molecule has 0 aliphatic rings. The topological polar surface area (TPSA) is 126 Å². The Balaban J connectivity index is 1.64. The van der Waals surface area contributed by atoms with Crippen molar-refractivity contribution in [1.82, 2.24) is 10.3 Å². The molecule has 0 aliphatic heterocycles. The van der Waals surface area contributed by atoms with Crippen LogP contribution in [0.2, 0.25) is 0 Å². The Morgan fingerprint density at radius 3 is 2.39 bits per heavy atom. The van der Waals surface area contributed by atoms with Crippen molar-refractivity contribution in [1.29, 1.82) is 0 Å². The van der Waals surface area contributed by atoms with Crippen molar-refractivity contribution in [3.05, 3.63) is 94.3 Å². The molecule has 0 saturated heterocycles. The Morgan fingerprint density at radius 2 is 1.73 bits per heavy atom. The molecule has 3 N–H and O–H groups in total. The van der Waals surface area contributed by atoms with E-state index in [1.807, 2.05) is 12.1 Å². The Hall–Kier alpha value is -4.11. The van der Waals surface area contributed by atoms with Crippen LogP contribution in [-0.4, -0.2) is 31.5 Å². The van der Waals surface area contributed by atoms with Crippen LogP contribution in [0.15, 0.2) is 87.4 Å². The maximum absolute atomic E-state index is 12.9. The quantitative estimate of drug-likeness (QED) is 0.403. The molecule has 4 rings (SSSR count). The second kappa shape index (κ2) is 8.79. The second-order valence-corrected chi connectivity index (χ2v) is 9.13. The van der Waals surface area contributed by atoms with Crippen LogP contribution in [0.3, 0.4) is 0 Å². The Bertz CT molecular complexity index is 1490. The van der Waals surface area contributed by atoms with E-state index < -0.39 is 31.9 Å². The summed E-state index contributed by atoms with van der Waals surface area (Å²) in [6.45, 7) is 0.275. The Morgan fingerprint density at radius 1 is 1.03 bits per heavy atom. The predicted octanol–water partition coefficient (Wildman–Crippen LogP) is 3.01. The van der Waals surface area contributed by atoms with Gasteiger partial charge in [0.15, 0.2) is 4.90 Å². The molecule has 8 nitrogen and oxygen atoms in total. The van der Waals surface area contributed by atoms with E-state index in [-0.39, 0.29) is 27.9 Å². The van der Waals surface area contributed by atoms with Gasteiger partial charge in [-0.2, -0.15) is 0 Å². The first-order chi connectivity index (χ1) is 15.8. The first-order valence-corrected chi connectivity index (χ1v) is 11.4. The summed E-state index contributed by atoms with van der Waals surface area (Å²) < 4.78 is 30.9. The molecule has 0 spiro atoms. The number of aromatic nitrogens is 1. The van der Waals surface area contributed by atoms with Crippen molar-refractivity contribution < 1.29 is 23.1 Å². The normalized spacial score (nSPS) is 11.3. The van der Waals surface area contributed by atoms with Gasteiger partial charge in [0.1, 0.15) is 11.5 Å². The molecular weight excluding hydrogens is 444 g/mol. The standard InChI is InChI=1S/C24H20N2O6S/c1-32-17-10-7-15(8-11-17)14-25-23(28)16-9-12-19-20(13-16)26-24(29)22(21(19)27)33(30,31)18-5-3-2-4-6-18/h2-13H,14H2,1H3,(H,25,28)(H2,26,27,29). The molecule has 0 radical (unpaired) electrons. The van der Waals surface area contributed by atoms with E-state index in [1.54, 1.807) is 25.3 Å². The number of amides is 1. The zero-order chi connectivity index (χ0) is 23.6. The van der Waals surface area contributed by atoms with Crippen LogP contribution in [0.25, 0.3) is 10.9 Å². The number of sulfone groups is 1. The molecule has 9 heteroatoms. The number of rotatable bonds is 6. The zero-order valence-corrected chi connectivity index (χ0v) is 18.3. The molecule has 1 aromatic heterocycles. The average Bonchev–Trinajstić information content (AvgIpc) is 2.83. The molecule has 0 fully saturated rings. The minimum Gasteiger partial charge on any atom is -0.506 e.